The first-order valence-electron chi connectivity index (χ1n) is 7.34. The van der Waals surface area contributed by atoms with E-state index in [4.69, 9.17) is 0 Å². The van der Waals surface area contributed by atoms with Crippen molar-refractivity contribution in [2.24, 2.45) is 0 Å². The third-order valence-electron chi connectivity index (χ3n) is 3.47. The lowest BCUT2D eigenvalue weighted by Gasteiger charge is -2.18. The summed E-state index contributed by atoms with van der Waals surface area (Å²) in [5.41, 5.74) is 2.23. The van der Waals surface area contributed by atoms with Gasteiger partial charge in [-0.15, -0.1) is 11.8 Å². The van der Waals surface area contributed by atoms with Crippen LogP contribution in [0, 0.1) is 5.82 Å². The number of carbonyl (C=O) groups is 1. The first-order chi connectivity index (χ1) is 11.0. The van der Waals surface area contributed by atoms with Crippen molar-refractivity contribution in [3.63, 3.8) is 0 Å². The molecule has 0 heterocycles. The number of hydrogen-bond donors (Lipinski definition) is 0. The third-order valence-corrected chi connectivity index (χ3v) is 4.47. The first-order valence-corrected chi connectivity index (χ1v) is 8.33. The summed E-state index contributed by atoms with van der Waals surface area (Å²) < 4.78 is 12.8. The molecule has 0 bridgehead atoms. The van der Waals surface area contributed by atoms with Gasteiger partial charge in [0.25, 0.3) is 0 Å². The molecule has 0 saturated heterocycles. The lowest BCUT2D eigenvalue weighted by atomic mass is 10.2. The van der Waals surface area contributed by atoms with Gasteiger partial charge in [-0.25, -0.2) is 4.39 Å². The van der Waals surface area contributed by atoms with Crippen molar-refractivity contribution in [1.29, 1.82) is 0 Å². The summed E-state index contributed by atoms with van der Waals surface area (Å²) in [5, 5.41) is 0. The van der Waals surface area contributed by atoms with Gasteiger partial charge in [-0.1, -0.05) is 12.1 Å². The van der Waals surface area contributed by atoms with E-state index in [9.17, 15) is 9.18 Å². The Morgan fingerprint density at radius 2 is 1.61 bits per heavy atom. The number of rotatable bonds is 6. The van der Waals surface area contributed by atoms with Gasteiger partial charge in [0.2, 0.25) is 5.91 Å². The maximum absolute atomic E-state index is 12.8. The number of halogens is 1. The zero-order chi connectivity index (χ0) is 16.8. The Bertz CT molecular complexity index is 641. The summed E-state index contributed by atoms with van der Waals surface area (Å²) in [5.74, 6) is 0.132. The van der Waals surface area contributed by atoms with Gasteiger partial charge < -0.3 is 9.80 Å². The van der Waals surface area contributed by atoms with E-state index in [1.165, 1.54) is 23.9 Å². The van der Waals surface area contributed by atoms with Crippen LogP contribution < -0.4 is 4.90 Å². The van der Waals surface area contributed by atoms with Crippen LogP contribution in [0.1, 0.15) is 5.56 Å². The van der Waals surface area contributed by atoms with Crippen LogP contribution in [0.2, 0.25) is 0 Å². The molecule has 2 aromatic carbocycles. The van der Waals surface area contributed by atoms with Crippen LogP contribution in [-0.4, -0.2) is 37.7 Å². The Hall–Kier alpha value is -2.01. The molecule has 0 fully saturated rings. The smallest absolute Gasteiger partial charge is 0.232 e. The topological polar surface area (TPSA) is 23.6 Å². The normalized spacial score (nSPS) is 10.4. The summed E-state index contributed by atoms with van der Waals surface area (Å²) in [7, 11) is 5.79. The quantitative estimate of drug-likeness (QED) is 0.755. The lowest BCUT2D eigenvalue weighted by molar-refractivity contribution is -0.127. The Kier molecular flexibility index (Phi) is 6.04. The van der Waals surface area contributed by atoms with Crippen molar-refractivity contribution >= 4 is 23.4 Å². The fraction of sp³-hybridized carbons (Fsp3) is 0.278. The van der Waals surface area contributed by atoms with E-state index in [-0.39, 0.29) is 11.7 Å². The van der Waals surface area contributed by atoms with Crippen LogP contribution in [-0.2, 0) is 11.3 Å². The molecule has 0 aromatic heterocycles. The Morgan fingerprint density at radius 1 is 1.00 bits per heavy atom. The van der Waals surface area contributed by atoms with Crippen LogP contribution in [0.3, 0.4) is 0 Å². The van der Waals surface area contributed by atoms with Gasteiger partial charge in [-0.3, -0.25) is 4.79 Å². The highest BCUT2D eigenvalue weighted by molar-refractivity contribution is 8.00. The zero-order valence-corrected chi connectivity index (χ0v) is 14.4. The van der Waals surface area contributed by atoms with Gasteiger partial charge in [-0.2, -0.15) is 0 Å². The van der Waals surface area contributed by atoms with Gasteiger partial charge in [0, 0.05) is 38.3 Å². The SMILES string of the molecule is CN(Cc1ccc(N(C)C)cc1)C(=O)CSc1ccc(F)cc1. The van der Waals surface area contributed by atoms with Crippen molar-refractivity contribution in [3.8, 4) is 0 Å². The van der Waals surface area contributed by atoms with E-state index in [0.29, 0.717) is 12.3 Å². The zero-order valence-electron chi connectivity index (χ0n) is 13.6. The Morgan fingerprint density at radius 3 is 2.17 bits per heavy atom. The number of hydrogen-bond acceptors (Lipinski definition) is 3. The van der Waals surface area contributed by atoms with E-state index >= 15 is 0 Å². The van der Waals surface area contributed by atoms with Crippen LogP contribution in [0.25, 0.3) is 0 Å². The van der Waals surface area contributed by atoms with Gasteiger partial charge in [0.1, 0.15) is 5.82 Å². The second-order valence-electron chi connectivity index (χ2n) is 5.55. The minimum Gasteiger partial charge on any atom is -0.378 e. The van der Waals surface area contributed by atoms with Crippen molar-refractivity contribution in [2.75, 3.05) is 31.8 Å². The summed E-state index contributed by atoms with van der Waals surface area (Å²) in [6.07, 6.45) is 0. The predicted molar refractivity (Wildman–Crippen MR) is 94.4 cm³/mol. The maximum atomic E-state index is 12.8. The Labute approximate surface area is 141 Å². The van der Waals surface area contributed by atoms with Crippen molar-refractivity contribution in [3.05, 3.63) is 59.9 Å². The third kappa shape index (κ3) is 5.28. The fourth-order valence-electron chi connectivity index (χ4n) is 2.05. The molecule has 0 radical (unpaired) electrons. The molecular weight excluding hydrogens is 311 g/mol. The molecule has 0 unspecified atom stereocenters. The summed E-state index contributed by atoms with van der Waals surface area (Å²) in [6.45, 7) is 0.580. The van der Waals surface area contributed by atoms with E-state index < -0.39 is 0 Å². The van der Waals surface area contributed by atoms with Gasteiger partial charge in [0.05, 0.1) is 5.75 Å². The summed E-state index contributed by atoms with van der Waals surface area (Å²) in [6, 6.07) is 14.3. The van der Waals surface area contributed by atoms with E-state index in [0.717, 1.165) is 16.1 Å². The molecule has 0 N–H and O–H groups in total. The van der Waals surface area contributed by atoms with E-state index in [2.05, 4.69) is 0 Å². The molecule has 0 aliphatic heterocycles. The maximum Gasteiger partial charge on any atom is 0.232 e. The molecular formula is C18H21FN2OS. The molecule has 0 spiro atoms. The van der Waals surface area contributed by atoms with Crippen molar-refractivity contribution in [2.45, 2.75) is 11.4 Å². The van der Waals surface area contributed by atoms with Crippen molar-refractivity contribution in [1.82, 2.24) is 4.90 Å². The molecule has 23 heavy (non-hydrogen) atoms. The number of anilines is 1. The molecule has 5 heteroatoms. The second kappa shape index (κ2) is 8.02. The monoisotopic (exact) mass is 332 g/mol. The minimum absolute atomic E-state index is 0.0519. The van der Waals surface area contributed by atoms with Crippen LogP contribution in [0.5, 0.6) is 0 Å². The van der Waals surface area contributed by atoms with E-state index in [1.54, 1.807) is 24.1 Å². The number of thioether (sulfide) groups is 1. The average molecular weight is 332 g/mol. The molecule has 2 rings (SSSR count). The molecule has 2 aromatic rings. The molecule has 0 saturated carbocycles. The summed E-state index contributed by atoms with van der Waals surface area (Å²) >= 11 is 1.42. The predicted octanol–water partition coefficient (Wildman–Crippen LogP) is 3.64. The number of carbonyl (C=O) groups excluding carboxylic acids is 1. The Balaban J connectivity index is 1.85. The van der Waals surface area contributed by atoms with Crippen molar-refractivity contribution < 1.29 is 9.18 Å². The van der Waals surface area contributed by atoms with Crippen LogP contribution >= 0.6 is 11.8 Å². The van der Waals surface area contributed by atoms with Gasteiger partial charge in [-0.05, 0) is 42.0 Å². The molecule has 122 valence electrons. The summed E-state index contributed by atoms with van der Waals surface area (Å²) in [4.78, 5) is 16.8. The average Bonchev–Trinajstić information content (AvgIpc) is 2.54. The molecule has 0 atom stereocenters. The van der Waals surface area contributed by atoms with Gasteiger partial charge >= 0.3 is 0 Å². The van der Waals surface area contributed by atoms with Gasteiger partial charge in [0.15, 0.2) is 0 Å². The molecule has 3 nitrogen and oxygen atoms in total. The highest BCUT2D eigenvalue weighted by atomic mass is 32.2. The molecule has 0 aliphatic carbocycles. The van der Waals surface area contributed by atoms with Crippen LogP contribution in [0.15, 0.2) is 53.4 Å². The fourth-order valence-corrected chi connectivity index (χ4v) is 2.89. The second-order valence-corrected chi connectivity index (χ2v) is 6.60. The lowest BCUT2D eigenvalue weighted by Crippen LogP contribution is -2.27. The number of benzene rings is 2. The number of nitrogens with zero attached hydrogens (tertiary/aromatic N) is 2. The number of amides is 1. The first kappa shape index (κ1) is 17.3. The largest absolute Gasteiger partial charge is 0.378 e. The van der Waals surface area contributed by atoms with Crippen LogP contribution in [0.4, 0.5) is 10.1 Å². The van der Waals surface area contributed by atoms with E-state index in [1.807, 2.05) is 43.3 Å². The molecule has 0 aliphatic rings. The molecule has 1 amide bonds. The highest BCUT2D eigenvalue weighted by Crippen LogP contribution is 2.19. The minimum atomic E-state index is -0.265. The standard InChI is InChI=1S/C18H21FN2OS/c1-20(2)16-8-4-14(5-9-16)12-21(3)18(22)13-23-17-10-6-15(19)7-11-17/h4-11H,12-13H2,1-3H3. The highest BCUT2D eigenvalue weighted by Gasteiger charge is 2.10.